The molecule has 0 amide bonds. The Hall–Kier alpha value is 0.150. The van der Waals surface area contributed by atoms with Crippen LogP contribution in [0.1, 0.15) is 6.92 Å². The summed E-state index contributed by atoms with van der Waals surface area (Å²) >= 11 is 3.99. The number of rotatable bonds is 4. The van der Waals surface area contributed by atoms with Crippen LogP contribution < -0.4 is 0 Å². The molecule has 1 aliphatic heterocycles. The predicted octanol–water partition coefficient (Wildman–Crippen LogP) is -0.992. The van der Waals surface area contributed by atoms with Crippen molar-refractivity contribution in [1.29, 1.82) is 0 Å². The molecule has 5 nitrogen and oxygen atoms in total. The van der Waals surface area contributed by atoms with Gasteiger partial charge in [0.1, 0.15) is 12.2 Å². The Morgan fingerprint density at radius 3 is 2.53 bits per heavy atom. The first-order chi connectivity index (χ1) is 7.11. The van der Waals surface area contributed by atoms with Crippen molar-refractivity contribution in [3.8, 4) is 0 Å². The maximum absolute atomic E-state index is 9.68. The quantitative estimate of drug-likeness (QED) is 0.473. The molecule has 5 atom stereocenters. The molecule has 1 heterocycles. The molecule has 0 aromatic carbocycles. The Morgan fingerprint density at radius 1 is 1.33 bits per heavy atom. The predicted molar refractivity (Wildman–Crippen MR) is 56.7 cm³/mol. The molecule has 1 saturated heterocycles. The minimum Gasteiger partial charge on any atom is -0.394 e. The summed E-state index contributed by atoms with van der Waals surface area (Å²) < 4.78 is 10.6. The summed E-state index contributed by atoms with van der Waals surface area (Å²) in [5.41, 5.74) is 0. The van der Waals surface area contributed by atoms with Gasteiger partial charge in [-0.05, 0) is 0 Å². The molecule has 2 unspecified atom stereocenters. The van der Waals surface area contributed by atoms with E-state index in [4.69, 9.17) is 14.6 Å². The van der Waals surface area contributed by atoms with Gasteiger partial charge in [0.15, 0.2) is 6.29 Å². The van der Waals surface area contributed by atoms with E-state index in [0.717, 1.165) is 0 Å². The molecule has 3 N–H and O–H groups in total. The Bertz CT molecular complexity index is 189. The third kappa shape index (κ3) is 3.05. The van der Waals surface area contributed by atoms with E-state index in [1.54, 1.807) is 6.92 Å². The highest BCUT2D eigenvalue weighted by molar-refractivity contribution is 7.80. The molecule has 0 aromatic heterocycles. The first-order valence-corrected chi connectivity index (χ1v) is 5.60. The largest absolute Gasteiger partial charge is 0.394 e. The van der Waals surface area contributed by atoms with Crippen molar-refractivity contribution in [3.05, 3.63) is 0 Å². The fourth-order valence-electron chi connectivity index (χ4n) is 1.58. The summed E-state index contributed by atoms with van der Waals surface area (Å²) in [5.74, 6) is 0.220. The molecule has 1 aliphatic rings. The van der Waals surface area contributed by atoms with E-state index in [-0.39, 0.29) is 12.5 Å². The molecule has 90 valence electrons. The van der Waals surface area contributed by atoms with E-state index >= 15 is 0 Å². The smallest absolute Gasteiger partial charge is 0.163 e. The van der Waals surface area contributed by atoms with Crippen molar-refractivity contribution >= 4 is 12.6 Å². The van der Waals surface area contributed by atoms with Crippen LogP contribution in [0.3, 0.4) is 0 Å². The van der Waals surface area contributed by atoms with Gasteiger partial charge in [-0.25, -0.2) is 0 Å². The summed E-state index contributed by atoms with van der Waals surface area (Å²) in [6, 6.07) is 0. The van der Waals surface area contributed by atoms with E-state index in [9.17, 15) is 10.2 Å². The molecule has 0 aromatic rings. The summed E-state index contributed by atoms with van der Waals surface area (Å²) in [4.78, 5) is 0. The van der Waals surface area contributed by atoms with Gasteiger partial charge in [-0.1, -0.05) is 6.92 Å². The summed E-state index contributed by atoms with van der Waals surface area (Å²) in [6.45, 7) is 1.79. The standard InChI is InChI=1S/C9H18O5S/c1-5-7(11)8(12)6(4-10)14-9(5)13-2-3-15/h5-12,15H,2-4H2,1H3/t5?,6?,7-,8+,9-/m1/s1. The number of ether oxygens (including phenoxy) is 2. The monoisotopic (exact) mass is 238 g/mol. The third-order valence-corrected chi connectivity index (χ3v) is 2.74. The molecule has 6 heteroatoms. The summed E-state index contributed by atoms with van der Waals surface area (Å²) in [6.07, 6.45) is -3.41. The van der Waals surface area contributed by atoms with Crippen molar-refractivity contribution in [2.24, 2.45) is 5.92 Å². The molecule has 0 aliphatic carbocycles. The summed E-state index contributed by atoms with van der Waals surface area (Å²) in [7, 11) is 0. The molecule has 0 saturated carbocycles. The van der Waals surface area contributed by atoms with Crippen LogP contribution in [0.15, 0.2) is 0 Å². The first kappa shape index (κ1) is 13.2. The van der Waals surface area contributed by atoms with Crippen molar-refractivity contribution in [1.82, 2.24) is 0 Å². The average molecular weight is 238 g/mol. The molecular weight excluding hydrogens is 220 g/mol. The second-order valence-electron chi connectivity index (χ2n) is 3.66. The van der Waals surface area contributed by atoms with Crippen molar-refractivity contribution in [3.63, 3.8) is 0 Å². The third-order valence-electron chi connectivity index (χ3n) is 2.56. The highest BCUT2D eigenvalue weighted by Crippen LogP contribution is 2.26. The minimum absolute atomic E-state index is 0.331. The molecular formula is C9H18O5S. The van der Waals surface area contributed by atoms with Crippen LogP contribution in [0, 0.1) is 5.92 Å². The second-order valence-corrected chi connectivity index (χ2v) is 4.11. The SMILES string of the molecule is CC1[C@H](OCCS)OC(CO)[C@H](O)[C@@H]1O. The van der Waals surface area contributed by atoms with E-state index in [2.05, 4.69) is 12.6 Å². The van der Waals surface area contributed by atoms with Crippen LogP contribution in [-0.4, -0.2) is 58.9 Å². The molecule has 15 heavy (non-hydrogen) atoms. The fourth-order valence-corrected chi connectivity index (χ4v) is 1.68. The van der Waals surface area contributed by atoms with Gasteiger partial charge in [0.2, 0.25) is 0 Å². The maximum Gasteiger partial charge on any atom is 0.163 e. The molecule has 1 fully saturated rings. The van der Waals surface area contributed by atoms with Crippen LogP contribution in [-0.2, 0) is 9.47 Å². The summed E-state index contributed by atoms with van der Waals surface area (Å²) in [5, 5.41) is 28.2. The van der Waals surface area contributed by atoms with Gasteiger partial charge in [0.05, 0.1) is 19.3 Å². The first-order valence-electron chi connectivity index (χ1n) is 4.96. The highest BCUT2D eigenvalue weighted by atomic mass is 32.1. The highest BCUT2D eigenvalue weighted by Gasteiger charge is 2.42. The van der Waals surface area contributed by atoms with Crippen LogP contribution in [0.4, 0.5) is 0 Å². The van der Waals surface area contributed by atoms with Gasteiger partial charge in [-0.2, -0.15) is 12.6 Å². The minimum atomic E-state index is -1.07. The lowest BCUT2D eigenvalue weighted by atomic mass is 9.92. The van der Waals surface area contributed by atoms with Crippen molar-refractivity contribution in [2.45, 2.75) is 31.5 Å². The number of hydrogen-bond donors (Lipinski definition) is 4. The van der Waals surface area contributed by atoms with E-state index in [1.807, 2.05) is 0 Å². The van der Waals surface area contributed by atoms with Crippen LogP contribution in [0.25, 0.3) is 0 Å². The van der Waals surface area contributed by atoms with Gasteiger partial charge < -0.3 is 24.8 Å². The molecule has 0 radical (unpaired) electrons. The van der Waals surface area contributed by atoms with E-state index in [1.165, 1.54) is 0 Å². The number of thiol groups is 1. The topological polar surface area (TPSA) is 79.2 Å². The Balaban J connectivity index is 2.57. The van der Waals surface area contributed by atoms with Gasteiger partial charge in [-0.3, -0.25) is 0 Å². The maximum atomic E-state index is 9.68. The lowest BCUT2D eigenvalue weighted by Crippen LogP contribution is -2.55. The van der Waals surface area contributed by atoms with Crippen LogP contribution in [0.5, 0.6) is 0 Å². The molecule has 1 rings (SSSR count). The molecule has 0 spiro atoms. The van der Waals surface area contributed by atoms with Gasteiger partial charge in [0.25, 0.3) is 0 Å². The Labute approximate surface area is 94.4 Å². The van der Waals surface area contributed by atoms with Gasteiger partial charge >= 0.3 is 0 Å². The number of hydrogen-bond acceptors (Lipinski definition) is 6. The van der Waals surface area contributed by atoms with Gasteiger partial charge in [0, 0.05) is 11.7 Å². The van der Waals surface area contributed by atoms with Crippen LogP contribution in [0.2, 0.25) is 0 Å². The van der Waals surface area contributed by atoms with E-state index < -0.39 is 24.6 Å². The van der Waals surface area contributed by atoms with Crippen molar-refractivity contribution in [2.75, 3.05) is 19.0 Å². The zero-order valence-electron chi connectivity index (χ0n) is 8.61. The van der Waals surface area contributed by atoms with Gasteiger partial charge in [-0.15, -0.1) is 0 Å². The van der Waals surface area contributed by atoms with Crippen LogP contribution >= 0.6 is 12.6 Å². The zero-order chi connectivity index (χ0) is 11.4. The zero-order valence-corrected chi connectivity index (χ0v) is 9.51. The van der Waals surface area contributed by atoms with Crippen molar-refractivity contribution < 1.29 is 24.8 Å². The Morgan fingerprint density at radius 2 is 2.00 bits per heavy atom. The lowest BCUT2D eigenvalue weighted by molar-refractivity contribution is -0.280. The number of aliphatic hydroxyl groups excluding tert-OH is 3. The lowest BCUT2D eigenvalue weighted by Gasteiger charge is -2.40. The Kier molecular flexibility index (Phi) is 5.31. The average Bonchev–Trinajstić information content (AvgIpc) is 2.25. The second kappa shape index (κ2) is 6.03. The normalized spacial score (nSPS) is 41.8. The fraction of sp³-hybridized carbons (Fsp3) is 1.00. The number of aliphatic hydroxyl groups is 3. The van der Waals surface area contributed by atoms with E-state index in [0.29, 0.717) is 12.4 Å². The molecule has 0 bridgehead atoms.